The average Bonchev–Trinajstić information content (AvgIpc) is 3.06. The lowest BCUT2D eigenvalue weighted by Crippen LogP contribution is -2.56. The van der Waals surface area contributed by atoms with E-state index < -0.39 is 11.3 Å². The minimum atomic E-state index is -2.64. The van der Waals surface area contributed by atoms with Crippen LogP contribution in [0.4, 0.5) is 14.6 Å². The highest BCUT2D eigenvalue weighted by atomic mass is 19.3. The van der Waals surface area contributed by atoms with Crippen LogP contribution in [-0.4, -0.2) is 47.0 Å². The minimum Gasteiger partial charge on any atom is -0.354 e. The maximum atomic E-state index is 14.9. The molecule has 1 aromatic carbocycles. The van der Waals surface area contributed by atoms with Crippen molar-refractivity contribution in [2.75, 3.05) is 31.1 Å². The molecule has 25 heavy (non-hydrogen) atoms. The van der Waals surface area contributed by atoms with Crippen LogP contribution in [0.2, 0.25) is 0 Å². The summed E-state index contributed by atoms with van der Waals surface area (Å²) in [5.41, 5.74) is 0.170. The quantitative estimate of drug-likeness (QED) is 0.856. The van der Waals surface area contributed by atoms with Gasteiger partial charge in [-0.05, 0) is 12.0 Å². The SMILES string of the molecule is FC1(F)CCN(Cc2ccccc2)C[C@@]12CCN(c1cnccn1)C2. The zero-order valence-electron chi connectivity index (χ0n) is 14.1. The normalized spacial score (nSPS) is 26.2. The van der Waals surface area contributed by atoms with E-state index in [2.05, 4.69) is 27.0 Å². The number of benzene rings is 1. The summed E-state index contributed by atoms with van der Waals surface area (Å²) in [4.78, 5) is 12.5. The van der Waals surface area contributed by atoms with Crippen LogP contribution in [0.15, 0.2) is 48.9 Å². The van der Waals surface area contributed by atoms with Crippen LogP contribution < -0.4 is 4.90 Å². The van der Waals surface area contributed by atoms with Crippen LogP contribution in [0.25, 0.3) is 0 Å². The van der Waals surface area contributed by atoms with Crippen molar-refractivity contribution >= 4 is 5.82 Å². The molecule has 0 saturated carbocycles. The van der Waals surface area contributed by atoms with Crippen LogP contribution in [0.3, 0.4) is 0 Å². The summed E-state index contributed by atoms with van der Waals surface area (Å²) in [6.07, 6.45) is 5.28. The number of likely N-dealkylation sites (tertiary alicyclic amines) is 1. The second-order valence-corrected chi connectivity index (χ2v) is 7.17. The number of nitrogens with zero attached hydrogens (tertiary/aromatic N) is 4. The van der Waals surface area contributed by atoms with Gasteiger partial charge in [-0.1, -0.05) is 30.3 Å². The van der Waals surface area contributed by atoms with Gasteiger partial charge in [0.25, 0.3) is 5.92 Å². The summed E-state index contributed by atoms with van der Waals surface area (Å²) in [6, 6.07) is 10.1. The Morgan fingerprint density at radius 2 is 1.84 bits per heavy atom. The Kier molecular flexibility index (Phi) is 4.15. The van der Waals surface area contributed by atoms with E-state index in [-0.39, 0.29) is 6.42 Å². The van der Waals surface area contributed by atoms with Crippen molar-refractivity contribution in [3.8, 4) is 0 Å². The van der Waals surface area contributed by atoms with Crippen LogP contribution >= 0.6 is 0 Å². The first kappa shape index (κ1) is 16.4. The number of aromatic nitrogens is 2. The first-order valence-corrected chi connectivity index (χ1v) is 8.73. The van der Waals surface area contributed by atoms with Gasteiger partial charge >= 0.3 is 0 Å². The lowest BCUT2D eigenvalue weighted by molar-refractivity contribution is -0.158. The van der Waals surface area contributed by atoms with Gasteiger partial charge in [-0.25, -0.2) is 13.8 Å². The number of halogens is 2. The molecule has 1 atom stereocenters. The molecule has 2 aromatic rings. The molecule has 132 valence electrons. The van der Waals surface area contributed by atoms with Crippen LogP contribution in [-0.2, 0) is 6.54 Å². The molecule has 2 saturated heterocycles. The Balaban J connectivity index is 1.52. The highest BCUT2D eigenvalue weighted by molar-refractivity contribution is 5.38. The van der Waals surface area contributed by atoms with Crippen molar-refractivity contribution in [1.29, 1.82) is 0 Å². The van der Waals surface area contributed by atoms with Gasteiger partial charge in [0.2, 0.25) is 0 Å². The largest absolute Gasteiger partial charge is 0.354 e. The summed E-state index contributed by atoms with van der Waals surface area (Å²) < 4.78 is 29.8. The zero-order valence-corrected chi connectivity index (χ0v) is 14.1. The predicted octanol–water partition coefficient (Wildman–Crippen LogP) is 3.21. The van der Waals surface area contributed by atoms with Crippen molar-refractivity contribution in [2.45, 2.75) is 25.3 Å². The third-order valence-electron chi connectivity index (χ3n) is 5.52. The van der Waals surface area contributed by atoms with Gasteiger partial charge in [0.15, 0.2) is 0 Å². The third-order valence-corrected chi connectivity index (χ3v) is 5.52. The van der Waals surface area contributed by atoms with Gasteiger partial charge in [-0.15, -0.1) is 0 Å². The Hall–Kier alpha value is -2.08. The van der Waals surface area contributed by atoms with Crippen LogP contribution in [0.5, 0.6) is 0 Å². The average molecular weight is 344 g/mol. The maximum Gasteiger partial charge on any atom is 0.257 e. The molecule has 0 amide bonds. The first-order valence-electron chi connectivity index (χ1n) is 8.73. The zero-order chi connectivity index (χ0) is 17.3. The van der Waals surface area contributed by atoms with E-state index in [1.165, 1.54) is 5.56 Å². The molecular weight excluding hydrogens is 322 g/mol. The Morgan fingerprint density at radius 3 is 2.60 bits per heavy atom. The van der Waals surface area contributed by atoms with E-state index >= 15 is 0 Å². The van der Waals surface area contributed by atoms with E-state index in [4.69, 9.17) is 0 Å². The smallest absolute Gasteiger partial charge is 0.257 e. The fraction of sp³-hybridized carbons (Fsp3) is 0.474. The fourth-order valence-corrected chi connectivity index (χ4v) is 4.11. The first-order chi connectivity index (χ1) is 12.1. The summed E-state index contributed by atoms with van der Waals surface area (Å²) in [5.74, 6) is -1.95. The number of hydrogen-bond acceptors (Lipinski definition) is 4. The molecule has 2 aliphatic rings. The molecule has 3 heterocycles. The van der Waals surface area contributed by atoms with Gasteiger partial charge in [-0.3, -0.25) is 9.88 Å². The summed E-state index contributed by atoms with van der Waals surface area (Å²) in [5, 5.41) is 0. The van der Waals surface area contributed by atoms with Crippen molar-refractivity contribution in [1.82, 2.24) is 14.9 Å². The Labute approximate surface area is 146 Å². The molecule has 0 bridgehead atoms. The molecule has 0 radical (unpaired) electrons. The molecule has 0 aliphatic carbocycles. The highest BCUT2D eigenvalue weighted by Gasteiger charge is 2.59. The van der Waals surface area contributed by atoms with Gasteiger partial charge in [0, 0.05) is 51.5 Å². The number of hydrogen-bond donors (Lipinski definition) is 0. The second-order valence-electron chi connectivity index (χ2n) is 7.17. The number of rotatable bonds is 3. The predicted molar refractivity (Wildman–Crippen MR) is 92.6 cm³/mol. The van der Waals surface area contributed by atoms with Crippen molar-refractivity contribution in [3.63, 3.8) is 0 Å². The van der Waals surface area contributed by atoms with Crippen LogP contribution in [0, 0.1) is 5.41 Å². The minimum absolute atomic E-state index is 0.0753. The topological polar surface area (TPSA) is 32.3 Å². The van der Waals surface area contributed by atoms with Gasteiger partial charge in [0.1, 0.15) is 5.82 Å². The fourth-order valence-electron chi connectivity index (χ4n) is 4.11. The Morgan fingerprint density at radius 1 is 1.00 bits per heavy atom. The van der Waals surface area contributed by atoms with E-state index in [9.17, 15) is 8.78 Å². The van der Waals surface area contributed by atoms with Crippen molar-refractivity contribution < 1.29 is 8.78 Å². The van der Waals surface area contributed by atoms with E-state index in [1.807, 2.05) is 23.1 Å². The standard InChI is InChI=1S/C19H22F2N4/c20-19(21)7-10-24(13-16-4-2-1-3-5-16)14-18(19)6-11-25(15-18)17-12-22-8-9-23-17/h1-5,8-9,12H,6-7,10-11,13-15H2/t18-/m1/s1. The lowest BCUT2D eigenvalue weighted by Gasteiger charge is -2.46. The lowest BCUT2D eigenvalue weighted by atomic mass is 9.75. The Bertz CT molecular complexity index is 710. The summed E-state index contributed by atoms with van der Waals surface area (Å²) >= 11 is 0. The van der Waals surface area contributed by atoms with E-state index in [1.54, 1.807) is 18.6 Å². The van der Waals surface area contributed by atoms with Crippen molar-refractivity contribution in [2.24, 2.45) is 5.41 Å². The second kappa shape index (κ2) is 6.33. The third kappa shape index (κ3) is 3.11. The number of piperidine rings is 1. The monoisotopic (exact) mass is 344 g/mol. The molecule has 4 rings (SSSR count). The molecule has 2 fully saturated rings. The van der Waals surface area contributed by atoms with Gasteiger partial charge < -0.3 is 4.90 Å². The molecule has 1 aromatic heterocycles. The highest BCUT2D eigenvalue weighted by Crippen LogP contribution is 2.50. The van der Waals surface area contributed by atoms with Gasteiger partial charge in [0.05, 0.1) is 11.6 Å². The van der Waals surface area contributed by atoms with Crippen molar-refractivity contribution in [3.05, 3.63) is 54.5 Å². The summed E-state index contributed by atoms with van der Waals surface area (Å²) in [7, 11) is 0. The number of anilines is 1. The van der Waals surface area contributed by atoms with E-state index in [0.29, 0.717) is 38.4 Å². The number of alkyl halides is 2. The molecule has 4 nitrogen and oxygen atoms in total. The maximum absolute atomic E-state index is 14.9. The molecule has 1 spiro atoms. The summed E-state index contributed by atoms with van der Waals surface area (Å²) in [6.45, 7) is 2.53. The van der Waals surface area contributed by atoms with Crippen LogP contribution in [0.1, 0.15) is 18.4 Å². The van der Waals surface area contributed by atoms with Gasteiger partial charge in [-0.2, -0.15) is 0 Å². The molecule has 0 N–H and O–H groups in total. The molecule has 6 heteroatoms. The van der Waals surface area contributed by atoms with E-state index in [0.717, 1.165) is 6.54 Å². The molecule has 2 aliphatic heterocycles. The molecular formula is C19H22F2N4. The molecule has 0 unspecified atom stereocenters.